The van der Waals surface area contributed by atoms with E-state index < -0.39 is 0 Å². The molecule has 7 aromatic carbocycles. The van der Waals surface area contributed by atoms with Crippen molar-refractivity contribution in [2.24, 2.45) is 0 Å². The molecule has 0 unspecified atom stereocenters. The first-order chi connectivity index (χ1) is 23.8. The Morgan fingerprint density at radius 3 is 1.71 bits per heavy atom. The molecule has 4 nitrogen and oxygen atoms in total. The van der Waals surface area contributed by atoms with Crippen molar-refractivity contribution in [1.82, 2.24) is 18.9 Å². The van der Waals surface area contributed by atoms with Gasteiger partial charge < -0.3 is 8.97 Å². The molecule has 0 atom stereocenters. The Kier molecular flexibility index (Phi) is 5.08. The van der Waals surface area contributed by atoms with Gasteiger partial charge in [-0.05, 0) is 41.8 Å². The quantitative estimate of drug-likeness (QED) is 0.199. The van der Waals surface area contributed by atoms with Gasteiger partial charge in [-0.3, -0.25) is 0 Å². The first-order valence-electron chi connectivity index (χ1n) is 16.4. The van der Waals surface area contributed by atoms with Crippen LogP contribution in [-0.4, -0.2) is 18.9 Å². The average Bonchev–Trinajstić information content (AvgIpc) is 3.63. The SMILES string of the molecule is c1ccc(-c2nc3cccc(-n4c5cccc6c7cccc8c9ccccc9n(c9cccc4c9c65)c78)c3nc2-c2ccccc2)cc1. The Bertz CT molecular complexity index is 3040. The molecule has 0 saturated heterocycles. The lowest BCUT2D eigenvalue weighted by Gasteiger charge is -2.15. The second-order valence-electron chi connectivity index (χ2n) is 12.6. The van der Waals surface area contributed by atoms with E-state index in [1.807, 2.05) is 12.1 Å². The second-order valence-corrected chi connectivity index (χ2v) is 12.6. The Labute approximate surface area is 275 Å². The molecule has 222 valence electrons. The zero-order valence-electron chi connectivity index (χ0n) is 25.8. The van der Waals surface area contributed by atoms with E-state index in [1.54, 1.807) is 0 Å². The summed E-state index contributed by atoms with van der Waals surface area (Å²) in [5.41, 5.74) is 12.6. The second kappa shape index (κ2) is 9.50. The monoisotopic (exact) mass is 610 g/mol. The van der Waals surface area contributed by atoms with Gasteiger partial charge in [0.05, 0.1) is 50.2 Å². The maximum absolute atomic E-state index is 5.48. The highest BCUT2D eigenvalue weighted by Crippen LogP contribution is 2.44. The fourth-order valence-corrected chi connectivity index (χ4v) is 8.08. The van der Waals surface area contributed by atoms with Gasteiger partial charge in [0.15, 0.2) is 0 Å². The normalized spacial score (nSPS) is 12.2. The van der Waals surface area contributed by atoms with E-state index in [9.17, 15) is 0 Å². The van der Waals surface area contributed by atoms with Crippen LogP contribution in [0.15, 0.2) is 158 Å². The standard InChI is InChI=1S/C44H26N4/c1-3-13-27(14-4-1)41-42(28-15-5-2-6-16-28)46-43-33(45-41)21-11-26-38(43)47-35-23-10-18-30-32-20-9-19-31-29-17-7-8-22-34(29)48(44(31)32)37-25-12-24-36(47)40(37)39(30)35/h1-26H. The lowest BCUT2D eigenvalue weighted by molar-refractivity contribution is 1.17. The largest absolute Gasteiger partial charge is 0.308 e. The minimum absolute atomic E-state index is 0.865. The van der Waals surface area contributed by atoms with Gasteiger partial charge in [-0.2, -0.15) is 0 Å². The zero-order valence-corrected chi connectivity index (χ0v) is 25.8. The van der Waals surface area contributed by atoms with Crippen molar-refractivity contribution in [3.8, 4) is 28.2 Å². The molecular formula is C44H26N4. The molecule has 4 heteroatoms. The van der Waals surface area contributed by atoms with Crippen molar-refractivity contribution in [2.45, 2.75) is 0 Å². The average molecular weight is 611 g/mol. The van der Waals surface area contributed by atoms with Crippen LogP contribution in [0.4, 0.5) is 0 Å². The summed E-state index contributed by atoms with van der Waals surface area (Å²) in [6, 6.07) is 56.2. The summed E-state index contributed by atoms with van der Waals surface area (Å²) >= 11 is 0. The van der Waals surface area contributed by atoms with Crippen LogP contribution in [0.1, 0.15) is 0 Å². The van der Waals surface area contributed by atoms with Gasteiger partial charge in [-0.1, -0.05) is 121 Å². The minimum Gasteiger partial charge on any atom is -0.308 e. The van der Waals surface area contributed by atoms with Crippen LogP contribution < -0.4 is 0 Å². The van der Waals surface area contributed by atoms with Crippen molar-refractivity contribution in [2.75, 3.05) is 0 Å². The third-order valence-corrected chi connectivity index (χ3v) is 10.0. The lowest BCUT2D eigenvalue weighted by Crippen LogP contribution is -2.01. The predicted molar refractivity (Wildman–Crippen MR) is 199 cm³/mol. The van der Waals surface area contributed by atoms with Gasteiger partial charge in [0.1, 0.15) is 5.52 Å². The van der Waals surface area contributed by atoms with Gasteiger partial charge in [-0.25, -0.2) is 9.97 Å². The van der Waals surface area contributed by atoms with Gasteiger partial charge >= 0.3 is 0 Å². The van der Waals surface area contributed by atoms with Gasteiger partial charge in [0, 0.05) is 38.1 Å². The maximum atomic E-state index is 5.48. The molecule has 48 heavy (non-hydrogen) atoms. The molecule has 0 amide bonds. The van der Waals surface area contributed by atoms with E-state index in [2.05, 4.69) is 155 Å². The van der Waals surface area contributed by atoms with Crippen LogP contribution in [-0.2, 0) is 0 Å². The van der Waals surface area contributed by atoms with Crippen molar-refractivity contribution in [1.29, 1.82) is 0 Å². The van der Waals surface area contributed by atoms with Crippen molar-refractivity contribution < 1.29 is 0 Å². The van der Waals surface area contributed by atoms with E-state index in [-0.39, 0.29) is 0 Å². The number of para-hydroxylation sites is 3. The van der Waals surface area contributed by atoms with Gasteiger partial charge in [0.2, 0.25) is 0 Å². The number of aromatic nitrogens is 4. The summed E-state index contributed by atoms with van der Waals surface area (Å²) in [5.74, 6) is 0. The molecule has 0 spiro atoms. The molecular weight excluding hydrogens is 585 g/mol. The molecule has 0 aliphatic heterocycles. The third-order valence-electron chi connectivity index (χ3n) is 10.0. The van der Waals surface area contributed by atoms with E-state index in [0.29, 0.717) is 0 Å². The van der Waals surface area contributed by atoms with Crippen molar-refractivity contribution in [3.05, 3.63) is 158 Å². The highest BCUT2D eigenvalue weighted by Gasteiger charge is 2.23. The summed E-state index contributed by atoms with van der Waals surface area (Å²) in [5, 5.41) is 7.56. The summed E-state index contributed by atoms with van der Waals surface area (Å²) in [6.45, 7) is 0. The Hall–Kier alpha value is -6.52. The molecule has 0 aliphatic rings. The molecule has 0 fully saturated rings. The number of nitrogens with zero attached hydrogens (tertiary/aromatic N) is 4. The van der Waals surface area contributed by atoms with Crippen LogP contribution in [0, 0.1) is 0 Å². The summed E-state index contributed by atoms with van der Waals surface area (Å²) in [6.07, 6.45) is 0. The van der Waals surface area contributed by atoms with E-state index in [1.165, 1.54) is 48.9 Å². The molecule has 0 bridgehead atoms. The Morgan fingerprint density at radius 2 is 0.917 bits per heavy atom. The molecule has 0 N–H and O–H groups in total. The molecule has 4 heterocycles. The van der Waals surface area contributed by atoms with Crippen LogP contribution in [0.25, 0.3) is 99.1 Å². The lowest BCUT2D eigenvalue weighted by atomic mass is 10.0. The number of hydrogen-bond acceptors (Lipinski definition) is 2. The minimum atomic E-state index is 0.865. The maximum Gasteiger partial charge on any atom is 0.113 e. The molecule has 4 aromatic heterocycles. The fourth-order valence-electron chi connectivity index (χ4n) is 8.08. The van der Waals surface area contributed by atoms with E-state index >= 15 is 0 Å². The van der Waals surface area contributed by atoms with Gasteiger partial charge in [0.25, 0.3) is 0 Å². The Balaban J connectivity index is 1.32. The first-order valence-corrected chi connectivity index (χ1v) is 16.4. The predicted octanol–water partition coefficient (Wildman–Crippen LogP) is 11.2. The Morgan fingerprint density at radius 1 is 0.375 bits per heavy atom. The first kappa shape index (κ1) is 25.6. The number of rotatable bonds is 3. The van der Waals surface area contributed by atoms with Crippen molar-refractivity contribution in [3.63, 3.8) is 0 Å². The number of fused-ring (bicyclic) bond motifs is 6. The van der Waals surface area contributed by atoms with Crippen LogP contribution in [0.2, 0.25) is 0 Å². The smallest absolute Gasteiger partial charge is 0.113 e. The van der Waals surface area contributed by atoms with E-state index in [0.717, 1.165) is 50.3 Å². The van der Waals surface area contributed by atoms with Gasteiger partial charge in [-0.15, -0.1) is 0 Å². The molecule has 11 aromatic rings. The topological polar surface area (TPSA) is 35.1 Å². The summed E-state index contributed by atoms with van der Waals surface area (Å²) < 4.78 is 4.89. The summed E-state index contributed by atoms with van der Waals surface area (Å²) in [4.78, 5) is 10.8. The third kappa shape index (κ3) is 3.33. The zero-order chi connectivity index (χ0) is 31.3. The number of benzene rings is 7. The van der Waals surface area contributed by atoms with Crippen LogP contribution in [0.3, 0.4) is 0 Å². The highest BCUT2D eigenvalue weighted by atomic mass is 15.0. The molecule has 0 aliphatic carbocycles. The van der Waals surface area contributed by atoms with Crippen LogP contribution in [0.5, 0.6) is 0 Å². The highest BCUT2D eigenvalue weighted by molar-refractivity contribution is 6.31. The van der Waals surface area contributed by atoms with Crippen molar-refractivity contribution >= 4 is 70.9 Å². The van der Waals surface area contributed by atoms with Crippen LogP contribution >= 0.6 is 0 Å². The molecule has 0 radical (unpaired) electrons. The molecule has 0 saturated carbocycles. The fraction of sp³-hybridized carbons (Fsp3) is 0. The molecule has 11 rings (SSSR count). The number of hydrogen-bond donors (Lipinski definition) is 0. The summed E-state index contributed by atoms with van der Waals surface area (Å²) in [7, 11) is 0. The van der Waals surface area contributed by atoms with E-state index in [4.69, 9.17) is 9.97 Å².